The first-order valence-electron chi connectivity index (χ1n) is 7.02. The Morgan fingerprint density at radius 3 is 1.47 bits per heavy atom. The number of hydrogen-bond donors (Lipinski definition) is 0. The van der Waals surface area contributed by atoms with Crippen molar-refractivity contribution in [3.63, 3.8) is 0 Å². The molecule has 6 aliphatic carbocycles. The van der Waals surface area contributed by atoms with Crippen LogP contribution in [0.2, 0.25) is 0 Å². The highest BCUT2D eigenvalue weighted by molar-refractivity contribution is 6.05. The molecule has 4 unspecified atom stereocenters. The standard InChI is InChI=1S/C14H14O3/c15-11-13-5-1-2-6-9(5)10-7(13)3-4-8(10)14(6,13)12(16)17-11/h5-10H,1-4H2. The fourth-order valence-electron chi connectivity index (χ4n) is 8.22. The van der Waals surface area contributed by atoms with Crippen LogP contribution in [0.25, 0.3) is 0 Å². The number of hydrogen-bond acceptors (Lipinski definition) is 3. The second-order valence-electron chi connectivity index (χ2n) is 7.15. The Bertz CT molecular complexity index is 452. The van der Waals surface area contributed by atoms with E-state index in [-0.39, 0.29) is 22.8 Å². The van der Waals surface area contributed by atoms with Gasteiger partial charge in [0, 0.05) is 0 Å². The minimum Gasteiger partial charge on any atom is -0.392 e. The van der Waals surface area contributed by atoms with Crippen LogP contribution in [0.3, 0.4) is 0 Å². The van der Waals surface area contributed by atoms with E-state index >= 15 is 0 Å². The van der Waals surface area contributed by atoms with Crippen LogP contribution in [0, 0.1) is 46.3 Å². The lowest BCUT2D eigenvalue weighted by molar-refractivity contribution is -0.157. The summed E-state index contributed by atoms with van der Waals surface area (Å²) >= 11 is 0. The molecule has 2 spiro atoms. The van der Waals surface area contributed by atoms with Crippen molar-refractivity contribution >= 4 is 11.9 Å². The highest BCUT2D eigenvalue weighted by atomic mass is 16.6. The molecule has 0 aromatic heterocycles. The van der Waals surface area contributed by atoms with Gasteiger partial charge in [0.2, 0.25) is 0 Å². The van der Waals surface area contributed by atoms with Crippen molar-refractivity contribution in [1.82, 2.24) is 0 Å². The summed E-state index contributed by atoms with van der Waals surface area (Å²) in [5.74, 6) is 3.24. The third kappa shape index (κ3) is 0.428. The number of carbonyl (C=O) groups is 2. The maximum Gasteiger partial charge on any atom is 0.321 e. The van der Waals surface area contributed by atoms with Gasteiger partial charge in [-0.3, -0.25) is 9.59 Å². The van der Waals surface area contributed by atoms with E-state index in [1.165, 1.54) is 25.7 Å². The van der Waals surface area contributed by atoms with Crippen molar-refractivity contribution in [1.29, 1.82) is 0 Å². The minimum atomic E-state index is -0.314. The molecule has 6 saturated carbocycles. The lowest BCUT2D eigenvalue weighted by Crippen LogP contribution is -2.53. The summed E-state index contributed by atoms with van der Waals surface area (Å²) in [6, 6.07) is 0. The Morgan fingerprint density at radius 2 is 1.12 bits per heavy atom. The number of cyclic esters (lactones) is 2. The summed E-state index contributed by atoms with van der Waals surface area (Å²) in [6.07, 6.45) is 4.72. The first-order valence-corrected chi connectivity index (χ1v) is 7.02. The zero-order valence-corrected chi connectivity index (χ0v) is 9.52. The highest BCUT2D eigenvalue weighted by Gasteiger charge is 2.97. The van der Waals surface area contributed by atoms with Gasteiger partial charge in [0.1, 0.15) is 0 Å². The van der Waals surface area contributed by atoms with Gasteiger partial charge in [-0.05, 0) is 61.2 Å². The molecule has 3 heteroatoms. The Morgan fingerprint density at radius 1 is 0.765 bits per heavy atom. The second kappa shape index (κ2) is 1.88. The van der Waals surface area contributed by atoms with E-state index in [1.807, 2.05) is 0 Å². The number of rotatable bonds is 0. The van der Waals surface area contributed by atoms with Gasteiger partial charge in [-0.15, -0.1) is 0 Å². The summed E-state index contributed by atoms with van der Waals surface area (Å²) in [4.78, 5) is 24.8. The maximum atomic E-state index is 12.4. The van der Waals surface area contributed by atoms with Crippen LogP contribution in [0.5, 0.6) is 0 Å². The summed E-state index contributed by atoms with van der Waals surface area (Å²) < 4.78 is 5.17. The Hall–Kier alpha value is -0.860. The molecule has 4 atom stereocenters. The molecule has 1 aliphatic heterocycles. The van der Waals surface area contributed by atoms with Crippen molar-refractivity contribution in [2.75, 3.05) is 0 Å². The zero-order valence-electron chi connectivity index (χ0n) is 9.52. The Kier molecular flexibility index (Phi) is 0.915. The van der Waals surface area contributed by atoms with Gasteiger partial charge in [-0.2, -0.15) is 0 Å². The molecular weight excluding hydrogens is 216 g/mol. The third-order valence-corrected chi connectivity index (χ3v) is 7.77. The minimum absolute atomic E-state index is 0.116. The van der Waals surface area contributed by atoms with Gasteiger partial charge in [0.25, 0.3) is 0 Å². The van der Waals surface area contributed by atoms with Crippen molar-refractivity contribution < 1.29 is 14.3 Å². The van der Waals surface area contributed by atoms with Crippen molar-refractivity contribution in [3.8, 4) is 0 Å². The number of carbonyl (C=O) groups excluding carboxylic acids is 2. The van der Waals surface area contributed by atoms with Crippen molar-refractivity contribution in [2.24, 2.45) is 46.3 Å². The molecule has 88 valence electrons. The molecule has 3 nitrogen and oxygen atoms in total. The van der Waals surface area contributed by atoms with Gasteiger partial charge in [0.05, 0.1) is 10.8 Å². The van der Waals surface area contributed by atoms with Crippen LogP contribution in [-0.2, 0) is 14.3 Å². The molecule has 7 aliphatic rings. The molecule has 0 aromatic rings. The van der Waals surface area contributed by atoms with Crippen molar-refractivity contribution in [3.05, 3.63) is 0 Å². The molecule has 17 heavy (non-hydrogen) atoms. The van der Waals surface area contributed by atoms with Crippen LogP contribution < -0.4 is 0 Å². The van der Waals surface area contributed by atoms with E-state index in [0.717, 1.165) is 0 Å². The first kappa shape index (κ1) is 8.28. The normalized spacial score (nSPS) is 71.8. The lowest BCUT2D eigenvalue weighted by atomic mass is 9.51. The van der Waals surface area contributed by atoms with Gasteiger partial charge in [-0.25, -0.2) is 0 Å². The summed E-state index contributed by atoms with van der Waals surface area (Å²) in [5.41, 5.74) is -0.628. The fourth-order valence-corrected chi connectivity index (χ4v) is 8.22. The van der Waals surface area contributed by atoms with E-state index in [9.17, 15) is 9.59 Å². The highest BCUT2D eigenvalue weighted by Crippen LogP contribution is 2.94. The Balaban J connectivity index is 1.81. The largest absolute Gasteiger partial charge is 0.392 e. The quantitative estimate of drug-likeness (QED) is 0.466. The molecule has 0 aromatic carbocycles. The van der Waals surface area contributed by atoms with E-state index in [0.29, 0.717) is 35.5 Å². The van der Waals surface area contributed by atoms with Gasteiger partial charge in [-0.1, -0.05) is 0 Å². The van der Waals surface area contributed by atoms with Gasteiger partial charge >= 0.3 is 11.9 Å². The topological polar surface area (TPSA) is 43.4 Å². The predicted octanol–water partition coefficient (Wildman–Crippen LogP) is 1.37. The molecule has 0 N–H and O–H groups in total. The van der Waals surface area contributed by atoms with Crippen LogP contribution >= 0.6 is 0 Å². The molecule has 7 rings (SSSR count). The first-order chi connectivity index (χ1) is 8.25. The molecule has 1 saturated heterocycles. The average molecular weight is 230 g/mol. The lowest BCUT2D eigenvalue weighted by Gasteiger charge is -2.46. The molecule has 8 bridgehead atoms. The fraction of sp³-hybridized carbons (Fsp3) is 0.857. The average Bonchev–Trinajstić information content (AvgIpc) is 3.06. The predicted molar refractivity (Wildman–Crippen MR) is 55.4 cm³/mol. The van der Waals surface area contributed by atoms with Gasteiger partial charge in [0.15, 0.2) is 0 Å². The van der Waals surface area contributed by atoms with Crippen LogP contribution in [0.15, 0.2) is 0 Å². The second-order valence-corrected chi connectivity index (χ2v) is 7.15. The van der Waals surface area contributed by atoms with E-state index < -0.39 is 0 Å². The third-order valence-electron chi connectivity index (χ3n) is 7.77. The van der Waals surface area contributed by atoms with Crippen LogP contribution in [0.4, 0.5) is 0 Å². The van der Waals surface area contributed by atoms with Crippen LogP contribution in [-0.4, -0.2) is 11.9 Å². The Labute approximate surface area is 98.9 Å². The van der Waals surface area contributed by atoms with Crippen molar-refractivity contribution in [2.45, 2.75) is 25.7 Å². The summed E-state index contributed by atoms with van der Waals surface area (Å²) in [5, 5.41) is 0. The van der Waals surface area contributed by atoms with E-state index in [1.54, 1.807) is 0 Å². The zero-order chi connectivity index (χ0) is 11.2. The van der Waals surface area contributed by atoms with E-state index in [2.05, 4.69) is 0 Å². The molecule has 7 fully saturated rings. The number of ether oxygens (including phenoxy) is 1. The smallest absolute Gasteiger partial charge is 0.321 e. The van der Waals surface area contributed by atoms with E-state index in [4.69, 9.17) is 4.74 Å². The molecule has 1 heterocycles. The maximum absolute atomic E-state index is 12.4. The van der Waals surface area contributed by atoms with Crippen LogP contribution in [0.1, 0.15) is 25.7 Å². The summed E-state index contributed by atoms with van der Waals surface area (Å²) in [6.45, 7) is 0. The molecule has 0 amide bonds. The van der Waals surface area contributed by atoms with Gasteiger partial charge < -0.3 is 4.74 Å². The SMILES string of the molecule is O=C1OC(=O)C23C4CCC5C4C4C(CCC42)C153. The molecule has 0 radical (unpaired) electrons. The monoisotopic (exact) mass is 230 g/mol. The number of esters is 2. The summed E-state index contributed by atoms with van der Waals surface area (Å²) in [7, 11) is 0. The molecular formula is C14H14O3.